The van der Waals surface area contributed by atoms with Crippen LogP contribution in [-0.4, -0.2) is 52.1 Å². The van der Waals surface area contributed by atoms with Crippen molar-refractivity contribution in [2.75, 3.05) is 20.8 Å². The molecule has 1 unspecified atom stereocenters. The fourth-order valence-electron chi connectivity index (χ4n) is 2.82. The smallest absolute Gasteiger partial charge is 0.255 e. The van der Waals surface area contributed by atoms with E-state index in [0.717, 1.165) is 12.2 Å². The molecule has 0 aliphatic heterocycles. The Morgan fingerprint density at radius 1 is 1.23 bits per heavy atom. The second-order valence-electron chi connectivity index (χ2n) is 6.09. The summed E-state index contributed by atoms with van der Waals surface area (Å²) < 4.78 is 7.12. The lowest BCUT2D eigenvalue weighted by Crippen LogP contribution is -2.41. The molecule has 0 aliphatic rings. The lowest BCUT2D eigenvalue weighted by molar-refractivity contribution is 0.0604. The lowest BCUT2D eigenvalue weighted by atomic mass is 10.0. The first-order chi connectivity index (χ1) is 12.7. The topological polar surface area (TPSA) is 60.2 Å². The van der Waals surface area contributed by atoms with Crippen molar-refractivity contribution >= 4 is 5.91 Å². The predicted molar refractivity (Wildman–Crippen MR) is 99.3 cm³/mol. The van der Waals surface area contributed by atoms with Gasteiger partial charge in [0.15, 0.2) is 0 Å². The summed E-state index contributed by atoms with van der Waals surface area (Å²) >= 11 is 0. The number of ether oxygens (including phenoxy) is 1. The van der Waals surface area contributed by atoms with E-state index in [1.165, 1.54) is 5.56 Å². The molecule has 26 heavy (non-hydrogen) atoms. The van der Waals surface area contributed by atoms with Crippen molar-refractivity contribution in [3.63, 3.8) is 0 Å². The van der Waals surface area contributed by atoms with Gasteiger partial charge < -0.3 is 9.64 Å². The van der Waals surface area contributed by atoms with Gasteiger partial charge in [0, 0.05) is 32.7 Å². The number of hydrogen-bond acceptors (Lipinski definition) is 4. The molecule has 2 heterocycles. The average Bonchev–Trinajstić information content (AvgIpc) is 3.22. The number of rotatable bonds is 7. The minimum Gasteiger partial charge on any atom is -0.383 e. The Kier molecular flexibility index (Phi) is 5.76. The number of methoxy groups -OCH3 is 1. The highest BCUT2D eigenvalue weighted by Crippen LogP contribution is 2.13. The molecular formula is C20H22N4O2. The van der Waals surface area contributed by atoms with Crippen molar-refractivity contribution in [2.45, 2.75) is 12.5 Å². The minimum atomic E-state index is -0.0762. The highest BCUT2D eigenvalue weighted by Gasteiger charge is 2.22. The van der Waals surface area contributed by atoms with Gasteiger partial charge in [-0.3, -0.25) is 9.36 Å². The van der Waals surface area contributed by atoms with Gasteiger partial charge in [0.25, 0.3) is 5.91 Å². The molecular weight excluding hydrogens is 328 g/mol. The number of benzene rings is 1. The van der Waals surface area contributed by atoms with Crippen molar-refractivity contribution < 1.29 is 9.53 Å². The van der Waals surface area contributed by atoms with Gasteiger partial charge in [-0.05, 0) is 24.1 Å². The summed E-state index contributed by atoms with van der Waals surface area (Å²) in [7, 11) is 3.45. The Hall–Kier alpha value is -2.99. The Bertz CT molecular complexity index is 817. The third-order valence-electron chi connectivity index (χ3n) is 4.31. The minimum absolute atomic E-state index is 0.0526. The fourth-order valence-corrected chi connectivity index (χ4v) is 2.82. The van der Waals surface area contributed by atoms with Crippen LogP contribution < -0.4 is 0 Å². The molecule has 3 rings (SSSR count). The van der Waals surface area contributed by atoms with Crippen LogP contribution in [0.2, 0.25) is 0 Å². The summed E-state index contributed by atoms with van der Waals surface area (Å²) in [5, 5.41) is 0. The van der Waals surface area contributed by atoms with E-state index in [2.05, 4.69) is 22.1 Å². The van der Waals surface area contributed by atoms with Crippen LogP contribution in [0.15, 0.2) is 67.4 Å². The van der Waals surface area contributed by atoms with E-state index < -0.39 is 0 Å². The van der Waals surface area contributed by atoms with Crippen molar-refractivity contribution in [1.82, 2.24) is 19.4 Å². The number of nitrogens with zero attached hydrogens (tertiary/aromatic N) is 4. The summed E-state index contributed by atoms with van der Waals surface area (Å²) in [6.45, 7) is 0.470. The number of amides is 1. The van der Waals surface area contributed by atoms with Crippen molar-refractivity contribution in [3.05, 3.63) is 78.5 Å². The van der Waals surface area contributed by atoms with Gasteiger partial charge in [0.05, 0.1) is 18.2 Å². The molecule has 3 aromatic rings. The summed E-state index contributed by atoms with van der Waals surface area (Å²) in [5.41, 5.74) is 1.72. The molecule has 0 bridgehead atoms. The zero-order valence-corrected chi connectivity index (χ0v) is 14.9. The third kappa shape index (κ3) is 4.15. The molecule has 0 saturated carbocycles. The van der Waals surface area contributed by atoms with E-state index in [1.807, 2.05) is 30.5 Å². The van der Waals surface area contributed by atoms with E-state index in [1.54, 1.807) is 48.4 Å². The summed E-state index contributed by atoms with van der Waals surface area (Å²) in [6, 6.07) is 13.6. The maximum atomic E-state index is 12.9. The Morgan fingerprint density at radius 2 is 2.04 bits per heavy atom. The molecule has 6 nitrogen and oxygen atoms in total. The predicted octanol–water partition coefficient (Wildman–Crippen LogP) is 2.60. The van der Waals surface area contributed by atoms with Crippen molar-refractivity contribution in [1.29, 1.82) is 0 Å². The number of imidazole rings is 1. The molecule has 1 atom stereocenters. The first-order valence-electron chi connectivity index (χ1n) is 8.43. The van der Waals surface area contributed by atoms with Crippen LogP contribution in [0.1, 0.15) is 15.9 Å². The SMILES string of the molecule is COCC(Cc1ccccc1)N(C)C(=O)c1ccc(-n2ccnc2)nc1. The number of pyridine rings is 1. The molecule has 1 aromatic carbocycles. The second kappa shape index (κ2) is 8.40. The maximum Gasteiger partial charge on any atom is 0.255 e. The first-order valence-corrected chi connectivity index (χ1v) is 8.43. The highest BCUT2D eigenvalue weighted by molar-refractivity contribution is 5.94. The normalized spacial score (nSPS) is 11.9. The molecule has 0 N–H and O–H groups in total. The van der Waals surface area contributed by atoms with Gasteiger partial charge in [0.1, 0.15) is 12.1 Å². The van der Waals surface area contributed by atoms with Gasteiger partial charge >= 0.3 is 0 Å². The van der Waals surface area contributed by atoms with Gasteiger partial charge in [-0.2, -0.15) is 0 Å². The van der Waals surface area contributed by atoms with Gasteiger partial charge in [-0.1, -0.05) is 30.3 Å². The van der Waals surface area contributed by atoms with E-state index in [0.29, 0.717) is 12.2 Å². The Morgan fingerprint density at radius 3 is 2.65 bits per heavy atom. The number of hydrogen-bond donors (Lipinski definition) is 0. The molecule has 0 radical (unpaired) electrons. The molecule has 0 spiro atoms. The molecule has 0 aliphatic carbocycles. The van der Waals surface area contributed by atoms with Crippen molar-refractivity contribution in [2.24, 2.45) is 0 Å². The molecule has 6 heteroatoms. The quantitative estimate of drug-likeness (QED) is 0.657. The van der Waals surface area contributed by atoms with Crippen LogP contribution in [0.25, 0.3) is 5.82 Å². The van der Waals surface area contributed by atoms with E-state index in [9.17, 15) is 4.79 Å². The monoisotopic (exact) mass is 350 g/mol. The lowest BCUT2D eigenvalue weighted by Gasteiger charge is -2.28. The molecule has 134 valence electrons. The maximum absolute atomic E-state index is 12.9. The Balaban J connectivity index is 1.73. The van der Waals surface area contributed by atoms with Crippen LogP contribution in [-0.2, 0) is 11.2 Å². The number of carbonyl (C=O) groups is 1. The average molecular weight is 350 g/mol. The van der Waals surface area contributed by atoms with E-state index in [-0.39, 0.29) is 11.9 Å². The number of likely N-dealkylation sites (N-methyl/N-ethyl adjacent to an activating group) is 1. The molecule has 0 saturated heterocycles. The first kappa shape index (κ1) is 17.8. The standard InChI is InChI=1S/C20H22N4O2/c1-23(18(14-26-2)12-16-6-4-3-5-7-16)20(25)17-8-9-19(22-13-17)24-11-10-21-15-24/h3-11,13,15,18H,12,14H2,1-2H3. The van der Waals surface area contributed by atoms with Gasteiger partial charge in [-0.25, -0.2) is 9.97 Å². The summed E-state index contributed by atoms with van der Waals surface area (Å²) in [6.07, 6.45) is 7.50. The molecule has 0 fully saturated rings. The van der Waals surface area contributed by atoms with Crippen molar-refractivity contribution in [3.8, 4) is 5.82 Å². The van der Waals surface area contributed by atoms with Gasteiger partial charge in [0.2, 0.25) is 0 Å². The number of aromatic nitrogens is 3. The van der Waals surface area contributed by atoms with Crippen LogP contribution in [0, 0.1) is 0 Å². The summed E-state index contributed by atoms with van der Waals surface area (Å²) in [5.74, 6) is 0.645. The van der Waals surface area contributed by atoms with Crippen LogP contribution >= 0.6 is 0 Å². The molecule has 1 amide bonds. The van der Waals surface area contributed by atoms with E-state index >= 15 is 0 Å². The largest absolute Gasteiger partial charge is 0.383 e. The second-order valence-corrected chi connectivity index (χ2v) is 6.09. The highest BCUT2D eigenvalue weighted by atomic mass is 16.5. The zero-order chi connectivity index (χ0) is 18.4. The van der Waals surface area contributed by atoms with E-state index in [4.69, 9.17) is 4.74 Å². The zero-order valence-electron chi connectivity index (χ0n) is 14.9. The third-order valence-corrected chi connectivity index (χ3v) is 4.31. The fraction of sp³-hybridized carbons (Fsp3) is 0.250. The Labute approximate surface area is 153 Å². The van der Waals surface area contributed by atoms with Crippen LogP contribution in [0.4, 0.5) is 0 Å². The number of carbonyl (C=O) groups excluding carboxylic acids is 1. The van der Waals surface area contributed by atoms with Crippen LogP contribution in [0.5, 0.6) is 0 Å². The summed E-state index contributed by atoms with van der Waals surface area (Å²) in [4.78, 5) is 22.9. The van der Waals surface area contributed by atoms with Crippen LogP contribution in [0.3, 0.4) is 0 Å². The molecule has 2 aromatic heterocycles. The van der Waals surface area contributed by atoms with Gasteiger partial charge in [-0.15, -0.1) is 0 Å².